The van der Waals surface area contributed by atoms with Crippen LogP contribution in [-0.4, -0.2) is 46.9 Å². The Morgan fingerprint density at radius 2 is 1.38 bits per heavy atom. The normalized spacial score (nSPS) is 14.7. The zero-order chi connectivity index (χ0) is 20.4. The number of ether oxygens (including phenoxy) is 5. The molecular weight excluding hydrogens is 370 g/mol. The molecular formula is C23H31NO5. The summed E-state index contributed by atoms with van der Waals surface area (Å²) in [5.74, 6) is 2.34. The molecule has 0 radical (unpaired) electrons. The van der Waals surface area contributed by atoms with Gasteiger partial charge < -0.3 is 29.0 Å². The van der Waals surface area contributed by atoms with E-state index in [4.69, 9.17) is 23.7 Å². The van der Waals surface area contributed by atoms with Gasteiger partial charge in [0.15, 0.2) is 0 Å². The summed E-state index contributed by atoms with van der Waals surface area (Å²) >= 11 is 0. The van der Waals surface area contributed by atoms with Crippen LogP contribution in [0.3, 0.4) is 0 Å². The van der Waals surface area contributed by atoms with Gasteiger partial charge in [0, 0.05) is 24.8 Å². The van der Waals surface area contributed by atoms with Gasteiger partial charge in [0.25, 0.3) is 0 Å². The number of unbranched alkanes of at least 4 members (excludes halogenated alkanes) is 1. The zero-order valence-electron chi connectivity index (χ0n) is 17.3. The fourth-order valence-electron chi connectivity index (χ4n) is 2.86. The fourth-order valence-corrected chi connectivity index (χ4v) is 2.86. The summed E-state index contributed by atoms with van der Waals surface area (Å²) in [6.45, 7) is 6.20. The number of benzene rings is 2. The third-order valence-corrected chi connectivity index (χ3v) is 4.72. The second-order valence-electron chi connectivity index (χ2n) is 7.56. The Bertz CT molecular complexity index is 713. The second kappa shape index (κ2) is 10.9. The molecule has 2 aromatic carbocycles. The van der Waals surface area contributed by atoms with Gasteiger partial charge in [0.2, 0.25) is 6.79 Å². The molecule has 1 aliphatic heterocycles. The van der Waals surface area contributed by atoms with E-state index >= 15 is 0 Å². The summed E-state index contributed by atoms with van der Waals surface area (Å²) in [6, 6.07) is 15.3. The predicted octanol–water partition coefficient (Wildman–Crippen LogP) is 4.36. The third-order valence-electron chi connectivity index (χ3n) is 4.72. The topological polar surface area (TPSA) is 58.2 Å². The molecule has 1 N–H and O–H groups in total. The van der Waals surface area contributed by atoms with Crippen molar-refractivity contribution >= 4 is 5.69 Å². The molecule has 6 nitrogen and oxygen atoms in total. The van der Waals surface area contributed by atoms with Gasteiger partial charge in [-0.3, -0.25) is 0 Å². The summed E-state index contributed by atoms with van der Waals surface area (Å²) < 4.78 is 27.9. The molecule has 0 saturated carbocycles. The van der Waals surface area contributed by atoms with E-state index in [0.29, 0.717) is 6.61 Å². The minimum atomic E-state index is 0.157. The highest BCUT2D eigenvalue weighted by atomic mass is 16.7. The Morgan fingerprint density at radius 3 is 1.93 bits per heavy atom. The molecule has 0 unspecified atom stereocenters. The SMILES string of the molecule is CNc1ccc(OCOc2ccc(OCCCCOCC3(C)COC3)cc2)cc1. The quantitative estimate of drug-likeness (QED) is 0.398. The first kappa shape index (κ1) is 21.3. The van der Waals surface area contributed by atoms with Gasteiger partial charge in [-0.1, -0.05) is 6.92 Å². The van der Waals surface area contributed by atoms with Crippen molar-refractivity contribution in [1.29, 1.82) is 0 Å². The smallest absolute Gasteiger partial charge is 0.230 e. The molecule has 1 aliphatic rings. The van der Waals surface area contributed by atoms with Crippen LogP contribution >= 0.6 is 0 Å². The van der Waals surface area contributed by atoms with Crippen molar-refractivity contribution in [2.75, 3.05) is 52.2 Å². The first-order valence-corrected chi connectivity index (χ1v) is 10.1. The lowest BCUT2D eigenvalue weighted by Gasteiger charge is -2.37. The second-order valence-corrected chi connectivity index (χ2v) is 7.56. The lowest BCUT2D eigenvalue weighted by Crippen LogP contribution is -2.43. The molecule has 158 valence electrons. The van der Waals surface area contributed by atoms with Crippen LogP contribution in [0.15, 0.2) is 48.5 Å². The number of nitrogens with one attached hydrogen (secondary N) is 1. The zero-order valence-corrected chi connectivity index (χ0v) is 17.3. The molecule has 0 spiro atoms. The van der Waals surface area contributed by atoms with Gasteiger partial charge in [0.05, 0.1) is 26.4 Å². The van der Waals surface area contributed by atoms with Crippen molar-refractivity contribution in [1.82, 2.24) is 0 Å². The minimum absolute atomic E-state index is 0.157. The van der Waals surface area contributed by atoms with Crippen molar-refractivity contribution in [3.05, 3.63) is 48.5 Å². The molecule has 0 aliphatic carbocycles. The molecule has 1 heterocycles. The van der Waals surface area contributed by atoms with Crippen LogP contribution in [0.1, 0.15) is 19.8 Å². The highest BCUT2D eigenvalue weighted by molar-refractivity contribution is 5.45. The Morgan fingerprint density at radius 1 is 0.828 bits per heavy atom. The maximum Gasteiger partial charge on any atom is 0.230 e. The molecule has 0 bridgehead atoms. The standard InChI is InChI=1S/C23H31NO5/c1-23(16-26-17-23)15-25-13-3-4-14-27-20-9-11-22(12-10-20)29-18-28-21-7-5-19(24-2)6-8-21/h5-12,24H,3-4,13-18H2,1-2H3. The highest BCUT2D eigenvalue weighted by Crippen LogP contribution is 2.26. The molecule has 2 aromatic rings. The van der Waals surface area contributed by atoms with E-state index in [1.54, 1.807) is 0 Å². The Hall–Kier alpha value is -2.44. The van der Waals surface area contributed by atoms with E-state index in [-0.39, 0.29) is 12.2 Å². The van der Waals surface area contributed by atoms with E-state index in [9.17, 15) is 0 Å². The van der Waals surface area contributed by atoms with Crippen LogP contribution in [0.5, 0.6) is 17.2 Å². The Kier molecular flexibility index (Phi) is 8.02. The fraction of sp³-hybridized carbons (Fsp3) is 0.478. The number of anilines is 1. The maximum atomic E-state index is 5.77. The van der Waals surface area contributed by atoms with Crippen molar-refractivity contribution in [3.63, 3.8) is 0 Å². The van der Waals surface area contributed by atoms with Crippen LogP contribution < -0.4 is 19.5 Å². The minimum Gasteiger partial charge on any atom is -0.494 e. The number of rotatable bonds is 13. The summed E-state index contributed by atoms with van der Waals surface area (Å²) in [6.07, 6.45) is 1.95. The van der Waals surface area contributed by atoms with Crippen LogP contribution in [0, 0.1) is 5.41 Å². The van der Waals surface area contributed by atoms with Gasteiger partial charge >= 0.3 is 0 Å². The molecule has 29 heavy (non-hydrogen) atoms. The molecule has 3 rings (SSSR count). The lowest BCUT2D eigenvalue weighted by atomic mass is 9.90. The first-order chi connectivity index (χ1) is 14.2. The van der Waals surface area contributed by atoms with E-state index < -0.39 is 0 Å². The molecule has 0 atom stereocenters. The van der Waals surface area contributed by atoms with Gasteiger partial charge in [0.1, 0.15) is 17.2 Å². The highest BCUT2D eigenvalue weighted by Gasteiger charge is 2.33. The molecule has 0 amide bonds. The summed E-state index contributed by atoms with van der Waals surface area (Å²) in [5, 5.41) is 3.07. The van der Waals surface area contributed by atoms with Crippen LogP contribution in [0.4, 0.5) is 5.69 Å². The molecule has 1 saturated heterocycles. The van der Waals surface area contributed by atoms with Gasteiger partial charge in [-0.15, -0.1) is 0 Å². The lowest BCUT2D eigenvalue weighted by molar-refractivity contribution is -0.138. The van der Waals surface area contributed by atoms with E-state index in [2.05, 4.69) is 12.2 Å². The number of hydrogen-bond donors (Lipinski definition) is 1. The van der Waals surface area contributed by atoms with E-state index in [1.807, 2.05) is 55.6 Å². The monoisotopic (exact) mass is 401 g/mol. The Labute approximate surface area is 173 Å². The third kappa shape index (κ3) is 7.15. The summed E-state index contributed by atoms with van der Waals surface area (Å²) in [7, 11) is 1.88. The molecule has 6 heteroatoms. The van der Waals surface area contributed by atoms with Crippen molar-refractivity contribution in [3.8, 4) is 17.2 Å². The van der Waals surface area contributed by atoms with Crippen LogP contribution in [-0.2, 0) is 9.47 Å². The number of hydrogen-bond acceptors (Lipinski definition) is 6. The van der Waals surface area contributed by atoms with Crippen LogP contribution in [0.2, 0.25) is 0 Å². The first-order valence-electron chi connectivity index (χ1n) is 10.1. The average molecular weight is 402 g/mol. The van der Waals surface area contributed by atoms with Gasteiger partial charge in [-0.25, -0.2) is 0 Å². The van der Waals surface area contributed by atoms with Gasteiger partial charge in [-0.2, -0.15) is 0 Å². The largest absolute Gasteiger partial charge is 0.494 e. The van der Waals surface area contributed by atoms with E-state index in [1.165, 1.54) is 0 Å². The van der Waals surface area contributed by atoms with Crippen molar-refractivity contribution in [2.24, 2.45) is 5.41 Å². The van der Waals surface area contributed by atoms with Crippen molar-refractivity contribution < 1.29 is 23.7 Å². The summed E-state index contributed by atoms with van der Waals surface area (Å²) in [4.78, 5) is 0. The Balaban J connectivity index is 1.24. The maximum absolute atomic E-state index is 5.77. The van der Waals surface area contributed by atoms with Crippen molar-refractivity contribution in [2.45, 2.75) is 19.8 Å². The van der Waals surface area contributed by atoms with E-state index in [0.717, 1.165) is 62.2 Å². The van der Waals surface area contributed by atoms with Gasteiger partial charge in [-0.05, 0) is 61.4 Å². The molecule has 1 fully saturated rings. The molecule has 0 aromatic heterocycles. The van der Waals surface area contributed by atoms with Crippen LogP contribution in [0.25, 0.3) is 0 Å². The summed E-state index contributed by atoms with van der Waals surface area (Å²) in [5.41, 5.74) is 1.27. The average Bonchev–Trinajstić information content (AvgIpc) is 2.73. The predicted molar refractivity (Wildman–Crippen MR) is 113 cm³/mol.